The van der Waals surface area contributed by atoms with E-state index in [-0.39, 0.29) is 0 Å². The number of alkyl halides is 3. The minimum absolute atomic E-state index is 0.301. The first-order chi connectivity index (χ1) is 9.38. The molecule has 1 heterocycles. The molecule has 1 nitrogen and oxygen atoms in total. The number of hydrogen-bond acceptors (Lipinski definition) is 2. The largest absolute Gasteiger partial charge is 0.419 e. The fourth-order valence-corrected chi connectivity index (χ4v) is 2.63. The highest BCUT2D eigenvalue weighted by molar-refractivity contribution is 7.09. The lowest BCUT2D eigenvalue weighted by molar-refractivity contribution is -0.140. The van der Waals surface area contributed by atoms with Gasteiger partial charge in [0.1, 0.15) is 5.82 Å². The molecule has 1 atom stereocenters. The van der Waals surface area contributed by atoms with Gasteiger partial charge in [-0.1, -0.05) is 12.1 Å². The Labute approximate surface area is 118 Å². The molecule has 6 heteroatoms. The molecule has 1 aromatic heterocycles. The van der Waals surface area contributed by atoms with Crippen molar-refractivity contribution < 1.29 is 17.6 Å². The molecule has 0 aliphatic carbocycles. The van der Waals surface area contributed by atoms with Gasteiger partial charge in [-0.3, -0.25) is 0 Å². The van der Waals surface area contributed by atoms with Crippen LogP contribution in [0.5, 0.6) is 0 Å². The monoisotopic (exact) mass is 303 g/mol. The zero-order chi connectivity index (χ0) is 14.8. The van der Waals surface area contributed by atoms with Crippen molar-refractivity contribution in [1.29, 1.82) is 0 Å². The summed E-state index contributed by atoms with van der Waals surface area (Å²) in [6, 6.07) is 6.24. The molecule has 0 bridgehead atoms. The number of rotatable bonds is 4. The fraction of sp³-hybridized carbons (Fsp3) is 0.286. The van der Waals surface area contributed by atoms with Gasteiger partial charge in [0.05, 0.1) is 5.56 Å². The molecule has 0 saturated carbocycles. The quantitative estimate of drug-likeness (QED) is 0.825. The standard InChI is InChI=1S/C14H13F4NS/c15-12-5-3-9(8-11(12)14(16,17)18)13(19)6-4-10-2-1-7-20-10/h1-3,5,7-8,13H,4,6,19H2. The molecule has 0 spiro atoms. The Bertz CT molecular complexity index is 563. The minimum atomic E-state index is -4.70. The number of nitrogens with two attached hydrogens (primary N) is 1. The maximum Gasteiger partial charge on any atom is 0.419 e. The molecule has 2 N–H and O–H groups in total. The van der Waals surface area contributed by atoms with Gasteiger partial charge in [0, 0.05) is 10.9 Å². The fourth-order valence-electron chi connectivity index (χ4n) is 1.91. The van der Waals surface area contributed by atoms with Gasteiger partial charge < -0.3 is 5.73 Å². The normalized spacial score (nSPS) is 13.4. The molecular formula is C14H13F4NS. The summed E-state index contributed by atoms with van der Waals surface area (Å²) in [5.74, 6) is -1.27. The lowest BCUT2D eigenvalue weighted by atomic mass is 10.00. The molecule has 1 unspecified atom stereocenters. The van der Waals surface area contributed by atoms with Crippen molar-refractivity contribution in [3.8, 4) is 0 Å². The average molecular weight is 303 g/mol. The number of thiophene rings is 1. The van der Waals surface area contributed by atoms with Crippen molar-refractivity contribution in [2.75, 3.05) is 0 Å². The number of halogens is 4. The summed E-state index contributed by atoms with van der Waals surface area (Å²) in [4.78, 5) is 1.12. The smallest absolute Gasteiger partial charge is 0.324 e. The van der Waals surface area contributed by atoms with Crippen LogP contribution in [0.25, 0.3) is 0 Å². The van der Waals surface area contributed by atoms with E-state index >= 15 is 0 Å². The van der Waals surface area contributed by atoms with Gasteiger partial charge in [0.25, 0.3) is 0 Å². The molecule has 0 aliphatic rings. The van der Waals surface area contributed by atoms with E-state index in [0.29, 0.717) is 18.4 Å². The number of hydrogen-bond donors (Lipinski definition) is 1. The van der Waals surface area contributed by atoms with Gasteiger partial charge in [-0.2, -0.15) is 13.2 Å². The third-order valence-electron chi connectivity index (χ3n) is 3.01. The summed E-state index contributed by atoms with van der Waals surface area (Å²) in [6.07, 6.45) is -3.49. The Morgan fingerprint density at radius 3 is 2.55 bits per heavy atom. The molecular weight excluding hydrogens is 290 g/mol. The van der Waals surface area contributed by atoms with Crippen LogP contribution in [0.4, 0.5) is 17.6 Å². The Morgan fingerprint density at radius 2 is 1.95 bits per heavy atom. The van der Waals surface area contributed by atoms with E-state index in [1.54, 1.807) is 11.3 Å². The molecule has 0 radical (unpaired) electrons. The van der Waals surface area contributed by atoms with Crippen LogP contribution in [0.1, 0.15) is 28.5 Å². The van der Waals surface area contributed by atoms with Crippen LogP contribution in [0, 0.1) is 5.82 Å². The van der Waals surface area contributed by atoms with Gasteiger partial charge in [-0.25, -0.2) is 4.39 Å². The Balaban J connectivity index is 2.12. The van der Waals surface area contributed by atoms with Crippen molar-refractivity contribution in [1.82, 2.24) is 0 Å². The first kappa shape index (κ1) is 15.0. The average Bonchev–Trinajstić information content (AvgIpc) is 2.88. The molecule has 0 saturated heterocycles. The van der Waals surface area contributed by atoms with Crippen LogP contribution in [-0.2, 0) is 12.6 Å². The van der Waals surface area contributed by atoms with Crippen molar-refractivity contribution >= 4 is 11.3 Å². The lowest BCUT2D eigenvalue weighted by Gasteiger charge is -2.15. The van der Waals surface area contributed by atoms with E-state index < -0.39 is 23.6 Å². The SMILES string of the molecule is NC(CCc1cccs1)c1ccc(F)c(C(F)(F)F)c1. The summed E-state index contributed by atoms with van der Waals surface area (Å²) in [7, 11) is 0. The lowest BCUT2D eigenvalue weighted by Crippen LogP contribution is -2.14. The third kappa shape index (κ3) is 3.58. The second kappa shape index (κ2) is 5.93. The maximum atomic E-state index is 13.2. The van der Waals surface area contributed by atoms with Crippen LogP contribution >= 0.6 is 11.3 Å². The Hall–Kier alpha value is -1.40. The minimum Gasteiger partial charge on any atom is -0.324 e. The zero-order valence-electron chi connectivity index (χ0n) is 10.5. The van der Waals surface area contributed by atoms with Crippen molar-refractivity contribution in [2.24, 2.45) is 5.73 Å². The van der Waals surface area contributed by atoms with Crippen molar-refractivity contribution in [3.63, 3.8) is 0 Å². The van der Waals surface area contributed by atoms with Gasteiger partial charge in [-0.15, -0.1) is 11.3 Å². The highest BCUT2D eigenvalue weighted by Crippen LogP contribution is 2.33. The molecule has 2 aromatic rings. The molecule has 2 rings (SSSR count). The van der Waals surface area contributed by atoms with Crippen LogP contribution in [0.3, 0.4) is 0 Å². The second-order valence-corrected chi connectivity index (χ2v) is 5.49. The number of benzene rings is 1. The van der Waals surface area contributed by atoms with E-state index in [1.807, 2.05) is 17.5 Å². The van der Waals surface area contributed by atoms with Gasteiger partial charge >= 0.3 is 6.18 Å². The second-order valence-electron chi connectivity index (χ2n) is 4.46. The highest BCUT2D eigenvalue weighted by Gasteiger charge is 2.34. The van der Waals surface area contributed by atoms with Crippen LogP contribution < -0.4 is 5.73 Å². The van der Waals surface area contributed by atoms with Crippen molar-refractivity contribution in [3.05, 3.63) is 57.5 Å². The summed E-state index contributed by atoms with van der Waals surface area (Å²) in [5, 5.41) is 1.93. The van der Waals surface area contributed by atoms with Gasteiger partial charge in [-0.05, 0) is 42.0 Å². The summed E-state index contributed by atoms with van der Waals surface area (Å²) in [5.41, 5.74) is 4.93. The van der Waals surface area contributed by atoms with E-state index in [0.717, 1.165) is 17.0 Å². The molecule has 108 valence electrons. The summed E-state index contributed by atoms with van der Waals surface area (Å²) in [6.45, 7) is 0. The van der Waals surface area contributed by atoms with Crippen molar-refractivity contribution in [2.45, 2.75) is 25.1 Å². The summed E-state index contributed by atoms with van der Waals surface area (Å²) >= 11 is 1.57. The first-order valence-corrected chi connectivity index (χ1v) is 6.90. The topological polar surface area (TPSA) is 26.0 Å². The molecule has 1 aromatic carbocycles. The van der Waals surface area contributed by atoms with Gasteiger partial charge in [0.15, 0.2) is 0 Å². The molecule has 20 heavy (non-hydrogen) atoms. The van der Waals surface area contributed by atoms with Crippen LogP contribution in [0.15, 0.2) is 35.7 Å². The highest BCUT2D eigenvalue weighted by atomic mass is 32.1. The molecule has 0 aliphatic heterocycles. The number of aryl methyl sites for hydroxylation is 1. The predicted molar refractivity (Wildman–Crippen MR) is 71.0 cm³/mol. The van der Waals surface area contributed by atoms with E-state index in [1.165, 1.54) is 6.07 Å². The first-order valence-electron chi connectivity index (χ1n) is 6.02. The van der Waals surface area contributed by atoms with Crippen LogP contribution in [-0.4, -0.2) is 0 Å². The molecule has 0 amide bonds. The maximum absolute atomic E-state index is 13.2. The van der Waals surface area contributed by atoms with E-state index in [4.69, 9.17) is 5.73 Å². The summed E-state index contributed by atoms with van der Waals surface area (Å²) < 4.78 is 51.0. The van der Waals surface area contributed by atoms with Crippen LogP contribution in [0.2, 0.25) is 0 Å². The zero-order valence-corrected chi connectivity index (χ0v) is 11.3. The predicted octanol–water partition coefficient (Wildman–Crippen LogP) is 4.54. The third-order valence-corrected chi connectivity index (χ3v) is 3.94. The van der Waals surface area contributed by atoms with E-state index in [9.17, 15) is 17.6 Å². The van der Waals surface area contributed by atoms with Gasteiger partial charge in [0.2, 0.25) is 0 Å². The van der Waals surface area contributed by atoms with E-state index in [2.05, 4.69) is 0 Å². The molecule has 0 fully saturated rings. The Kier molecular flexibility index (Phi) is 4.45. The Morgan fingerprint density at radius 1 is 1.20 bits per heavy atom.